The van der Waals surface area contributed by atoms with Crippen molar-refractivity contribution in [1.82, 2.24) is 20.0 Å². The molecular formula is C27H33F2N5O2. The molecule has 0 amide bonds. The number of alkyl halides is 2. The third-order valence-electron chi connectivity index (χ3n) is 6.57. The molecule has 0 radical (unpaired) electrons. The Morgan fingerprint density at radius 2 is 2.06 bits per heavy atom. The third kappa shape index (κ3) is 5.79. The van der Waals surface area contributed by atoms with Crippen molar-refractivity contribution in [2.45, 2.75) is 52.4 Å². The third-order valence-corrected chi connectivity index (χ3v) is 6.57. The Morgan fingerprint density at radius 3 is 2.72 bits per heavy atom. The molecule has 0 atom stereocenters. The first kappa shape index (κ1) is 25.9. The van der Waals surface area contributed by atoms with Crippen molar-refractivity contribution in [2.75, 3.05) is 31.7 Å². The lowest BCUT2D eigenvalue weighted by molar-refractivity contribution is -0.00887. The number of aliphatic hydroxyl groups excluding tert-OH is 1. The monoisotopic (exact) mass is 497 g/mol. The van der Waals surface area contributed by atoms with Crippen molar-refractivity contribution in [3.63, 3.8) is 0 Å². The molecule has 0 bridgehead atoms. The number of pyridine rings is 1. The largest absolute Gasteiger partial charge is 0.396 e. The average Bonchev–Trinajstić information content (AvgIpc) is 3.36. The van der Waals surface area contributed by atoms with E-state index in [1.807, 2.05) is 6.07 Å². The second kappa shape index (κ2) is 11.3. The van der Waals surface area contributed by atoms with Crippen LogP contribution < -0.4 is 5.32 Å². The number of rotatable bonds is 10. The van der Waals surface area contributed by atoms with Crippen molar-refractivity contribution >= 4 is 11.3 Å². The summed E-state index contributed by atoms with van der Waals surface area (Å²) in [4.78, 5) is 11.3. The van der Waals surface area contributed by atoms with E-state index < -0.39 is 5.92 Å². The smallest absolute Gasteiger partial charge is 0.273 e. The summed E-state index contributed by atoms with van der Waals surface area (Å²) in [7, 11) is 0. The number of halogens is 2. The highest BCUT2D eigenvalue weighted by Crippen LogP contribution is 2.34. The van der Waals surface area contributed by atoms with Crippen LogP contribution in [0, 0.1) is 6.92 Å². The molecule has 0 unspecified atom stereocenters. The molecule has 0 spiro atoms. The van der Waals surface area contributed by atoms with E-state index >= 15 is 0 Å². The topological polar surface area (TPSA) is 87.3 Å². The molecular weight excluding hydrogens is 464 g/mol. The summed E-state index contributed by atoms with van der Waals surface area (Å²) in [5.41, 5.74) is 5.62. The molecule has 4 rings (SSSR count). The molecule has 1 aliphatic rings. The Balaban J connectivity index is 1.39. The molecule has 0 fully saturated rings. The molecule has 3 heterocycles. The van der Waals surface area contributed by atoms with Crippen LogP contribution in [0.2, 0.25) is 0 Å². The van der Waals surface area contributed by atoms with Crippen LogP contribution in [0.15, 0.2) is 41.1 Å². The lowest BCUT2D eigenvalue weighted by Crippen LogP contribution is -2.33. The van der Waals surface area contributed by atoms with Crippen molar-refractivity contribution in [1.29, 1.82) is 0 Å². The van der Waals surface area contributed by atoms with E-state index in [-0.39, 0.29) is 18.6 Å². The Bertz CT molecular complexity index is 1220. The second-order valence-electron chi connectivity index (χ2n) is 9.05. The molecule has 192 valence electrons. The lowest BCUT2D eigenvalue weighted by atomic mass is 9.98. The van der Waals surface area contributed by atoms with Crippen molar-refractivity contribution in [2.24, 2.45) is 0 Å². The minimum atomic E-state index is -2.80. The normalized spacial score (nSPS) is 14.7. The number of aliphatic hydroxyl groups is 1. The number of nitrogens with one attached hydrogen (secondary N) is 1. The van der Waals surface area contributed by atoms with Gasteiger partial charge in [-0.2, -0.15) is 4.98 Å². The molecule has 3 aromatic rings. The zero-order chi connectivity index (χ0) is 25.7. The van der Waals surface area contributed by atoms with Crippen molar-refractivity contribution in [3.8, 4) is 11.5 Å². The summed E-state index contributed by atoms with van der Waals surface area (Å²) in [6.07, 6.45) is 5.80. The molecule has 7 nitrogen and oxygen atoms in total. The SMILES string of the molecule is CCc1cc(-c2nc(CCO)no2)cnc1C1=CCN(CNc2ccc(C(F)(F)CC)c(C)c2)CC1. The van der Waals surface area contributed by atoms with E-state index in [9.17, 15) is 8.78 Å². The van der Waals surface area contributed by atoms with Crippen molar-refractivity contribution in [3.05, 3.63) is 64.7 Å². The predicted octanol–water partition coefficient (Wildman–Crippen LogP) is 5.20. The summed E-state index contributed by atoms with van der Waals surface area (Å²) in [6.45, 7) is 7.57. The number of nitrogens with zero attached hydrogens (tertiary/aromatic N) is 4. The van der Waals surface area contributed by atoms with Gasteiger partial charge in [0.2, 0.25) is 0 Å². The molecule has 2 aromatic heterocycles. The van der Waals surface area contributed by atoms with Gasteiger partial charge in [0.15, 0.2) is 5.82 Å². The minimum Gasteiger partial charge on any atom is -0.396 e. The maximum Gasteiger partial charge on any atom is 0.273 e. The predicted molar refractivity (Wildman–Crippen MR) is 136 cm³/mol. The molecule has 36 heavy (non-hydrogen) atoms. The fourth-order valence-electron chi connectivity index (χ4n) is 4.41. The number of aryl methyl sites for hydroxylation is 2. The Labute approximate surface area is 210 Å². The first-order valence-corrected chi connectivity index (χ1v) is 12.4. The van der Waals surface area contributed by atoms with Crippen LogP contribution in [0.1, 0.15) is 54.9 Å². The fourth-order valence-corrected chi connectivity index (χ4v) is 4.41. The van der Waals surface area contributed by atoms with Gasteiger partial charge in [0.25, 0.3) is 11.8 Å². The Morgan fingerprint density at radius 1 is 1.22 bits per heavy atom. The van der Waals surface area contributed by atoms with Crippen LogP contribution in [-0.4, -0.2) is 51.5 Å². The summed E-state index contributed by atoms with van der Waals surface area (Å²) >= 11 is 0. The average molecular weight is 498 g/mol. The second-order valence-corrected chi connectivity index (χ2v) is 9.05. The molecule has 2 N–H and O–H groups in total. The number of hydrogen-bond acceptors (Lipinski definition) is 7. The number of hydrogen-bond donors (Lipinski definition) is 2. The number of aromatic nitrogens is 3. The molecule has 1 aliphatic heterocycles. The van der Waals surface area contributed by atoms with Gasteiger partial charge in [0, 0.05) is 43.4 Å². The standard InChI is InChI=1S/C27H33F2N5O2/c1-4-19-15-21(26-32-24(10-13-35)33-36-26)16-30-25(19)20-8-11-34(12-9-20)17-31-22-6-7-23(18(3)14-22)27(28,29)5-2/h6-8,14-16,31,35H,4-5,9-13,17H2,1-3H3. The zero-order valence-corrected chi connectivity index (χ0v) is 21.0. The van der Waals surface area contributed by atoms with E-state index in [1.54, 1.807) is 25.3 Å². The van der Waals surface area contributed by atoms with Crippen molar-refractivity contribution < 1.29 is 18.4 Å². The summed E-state index contributed by atoms with van der Waals surface area (Å²) in [5, 5.41) is 16.3. The summed E-state index contributed by atoms with van der Waals surface area (Å²) < 4.78 is 33.5. The van der Waals surface area contributed by atoms with Crippen LogP contribution in [-0.2, 0) is 18.8 Å². The highest BCUT2D eigenvalue weighted by atomic mass is 19.3. The molecule has 0 aliphatic carbocycles. The Kier molecular flexibility index (Phi) is 8.11. The van der Waals surface area contributed by atoms with Gasteiger partial charge in [-0.3, -0.25) is 9.88 Å². The summed E-state index contributed by atoms with van der Waals surface area (Å²) in [5.74, 6) is -1.92. The maximum atomic E-state index is 14.1. The lowest BCUT2D eigenvalue weighted by Gasteiger charge is -2.27. The van der Waals surface area contributed by atoms with E-state index in [1.165, 1.54) is 18.6 Å². The van der Waals surface area contributed by atoms with Gasteiger partial charge in [0.1, 0.15) is 0 Å². The molecule has 0 saturated heterocycles. The van der Waals surface area contributed by atoms with Crippen LogP contribution in [0.4, 0.5) is 14.5 Å². The molecule has 9 heteroatoms. The van der Waals surface area contributed by atoms with Gasteiger partial charge in [0.05, 0.1) is 24.5 Å². The number of anilines is 1. The van der Waals surface area contributed by atoms with E-state index in [0.717, 1.165) is 48.4 Å². The van der Waals surface area contributed by atoms with E-state index in [4.69, 9.17) is 14.6 Å². The zero-order valence-electron chi connectivity index (χ0n) is 21.0. The fraction of sp³-hybridized carbons (Fsp3) is 0.444. The first-order valence-electron chi connectivity index (χ1n) is 12.4. The Hall–Kier alpha value is -3.17. The van der Waals surface area contributed by atoms with Crippen LogP contribution in [0.25, 0.3) is 17.0 Å². The van der Waals surface area contributed by atoms with E-state index in [0.29, 0.717) is 30.4 Å². The summed E-state index contributed by atoms with van der Waals surface area (Å²) in [6, 6.07) is 7.09. The van der Waals surface area contributed by atoms with Gasteiger partial charge in [-0.1, -0.05) is 31.1 Å². The highest BCUT2D eigenvalue weighted by molar-refractivity contribution is 5.68. The van der Waals surface area contributed by atoms with E-state index in [2.05, 4.69) is 33.4 Å². The molecule has 1 aromatic carbocycles. The molecule has 0 saturated carbocycles. The minimum absolute atomic E-state index is 0.0269. The van der Waals surface area contributed by atoms with Gasteiger partial charge >= 0.3 is 0 Å². The van der Waals surface area contributed by atoms with Gasteiger partial charge in [-0.05, 0) is 54.7 Å². The highest BCUT2D eigenvalue weighted by Gasteiger charge is 2.30. The van der Waals surface area contributed by atoms with Gasteiger partial charge < -0.3 is 14.9 Å². The van der Waals surface area contributed by atoms with Crippen LogP contribution in [0.3, 0.4) is 0 Å². The van der Waals surface area contributed by atoms with Crippen LogP contribution in [0.5, 0.6) is 0 Å². The van der Waals surface area contributed by atoms with Gasteiger partial charge in [-0.15, -0.1) is 0 Å². The maximum absolute atomic E-state index is 14.1. The quantitative estimate of drug-likeness (QED) is 0.398. The first-order chi connectivity index (χ1) is 17.3. The van der Waals surface area contributed by atoms with Gasteiger partial charge in [-0.25, -0.2) is 8.78 Å². The van der Waals surface area contributed by atoms with Crippen LogP contribution >= 0.6 is 0 Å². The number of benzene rings is 1.